The number of nitrogens with one attached hydrogen (secondary N) is 2. The van der Waals surface area contributed by atoms with Crippen LogP contribution in [0, 0.1) is 0 Å². The van der Waals surface area contributed by atoms with Crippen LogP contribution >= 0.6 is 0 Å². The Morgan fingerprint density at radius 3 is 2.56 bits per heavy atom. The summed E-state index contributed by atoms with van der Waals surface area (Å²) >= 11 is 0. The van der Waals surface area contributed by atoms with Crippen molar-refractivity contribution in [3.63, 3.8) is 0 Å². The summed E-state index contributed by atoms with van der Waals surface area (Å²) in [7, 11) is -3.52. The highest BCUT2D eigenvalue weighted by Crippen LogP contribution is 2.07. The van der Waals surface area contributed by atoms with Crippen LogP contribution in [0.1, 0.15) is 5.69 Å². The van der Waals surface area contributed by atoms with Gasteiger partial charge < -0.3 is 5.32 Å². The number of sulfone groups is 1. The van der Waals surface area contributed by atoms with E-state index in [1.807, 2.05) is 5.32 Å². The predicted octanol–water partition coefficient (Wildman–Crippen LogP) is -0.940. The van der Waals surface area contributed by atoms with Gasteiger partial charge in [-0.25, -0.2) is 23.2 Å². The molecular formula is C9H8N4O4S. The van der Waals surface area contributed by atoms with Gasteiger partial charge in [0.25, 0.3) is 5.91 Å². The summed E-state index contributed by atoms with van der Waals surface area (Å²) < 4.78 is 22.5. The fraction of sp³-hybridized carbons (Fsp3) is 0.111. The molecule has 18 heavy (non-hydrogen) atoms. The molecule has 0 radical (unpaired) electrons. The van der Waals surface area contributed by atoms with Crippen molar-refractivity contribution in [2.45, 2.75) is 5.16 Å². The summed E-state index contributed by atoms with van der Waals surface area (Å²) in [4.78, 5) is 29.5. The molecule has 1 fully saturated rings. The highest BCUT2D eigenvalue weighted by Gasteiger charge is 2.23. The fourth-order valence-corrected chi connectivity index (χ4v) is 1.77. The first-order chi connectivity index (χ1) is 8.36. The molecule has 2 N–H and O–H groups in total. The smallest absolute Gasteiger partial charge is 0.303 e. The number of rotatable bonds is 2. The summed E-state index contributed by atoms with van der Waals surface area (Å²) in [6, 6.07) is 0.781. The second-order valence-corrected chi connectivity index (χ2v) is 5.41. The molecule has 9 heteroatoms. The molecule has 1 aliphatic rings. The third-order valence-electron chi connectivity index (χ3n) is 2.00. The SMILES string of the molecule is CS(=O)(=O)c1nccc(/C=C2\NC(=O)NC2=O)n1. The van der Waals surface area contributed by atoms with Crippen LogP contribution < -0.4 is 10.6 Å². The van der Waals surface area contributed by atoms with Crippen LogP contribution in [0.15, 0.2) is 23.1 Å². The minimum absolute atomic E-state index is 0.00171. The first-order valence-corrected chi connectivity index (χ1v) is 6.62. The molecule has 2 heterocycles. The standard InChI is InChI=1S/C9H8N4O4S/c1-18(16,17)9-10-3-2-5(11-9)4-6-7(14)13-8(15)12-6/h2-4H,1H3,(H2,12,13,14,15)/b6-4-. The zero-order chi connectivity index (χ0) is 13.3. The van der Waals surface area contributed by atoms with Gasteiger partial charge in [0.2, 0.25) is 15.0 Å². The Morgan fingerprint density at radius 2 is 2.00 bits per heavy atom. The number of hydrogen-bond acceptors (Lipinski definition) is 6. The summed E-state index contributed by atoms with van der Waals surface area (Å²) in [5.74, 6) is -0.598. The van der Waals surface area contributed by atoms with E-state index in [4.69, 9.17) is 0 Å². The Balaban J connectivity index is 2.39. The van der Waals surface area contributed by atoms with E-state index in [9.17, 15) is 18.0 Å². The average molecular weight is 268 g/mol. The van der Waals surface area contributed by atoms with Crippen LogP contribution in [0.5, 0.6) is 0 Å². The van der Waals surface area contributed by atoms with Crippen LogP contribution in [-0.4, -0.2) is 36.6 Å². The van der Waals surface area contributed by atoms with Gasteiger partial charge in [-0.15, -0.1) is 0 Å². The maximum Gasteiger partial charge on any atom is 0.326 e. The maximum atomic E-state index is 11.2. The van der Waals surface area contributed by atoms with E-state index in [0.717, 1.165) is 6.26 Å². The van der Waals surface area contributed by atoms with Crippen molar-refractivity contribution >= 4 is 27.9 Å². The number of nitrogens with zero attached hydrogens (tertiary/aromatic N) is 2. The summed E-state index contributed by atoms with van der Waals surface area (Å²) in [6.45, 7) is 0. The number of carbonyl (C=O) groups is 2. The van der Waals surface area contributed by atoms with Gasteiger partial charge in [0.15, 0.2) is 0 Å². The zero-order valence-electron chi connectivity index (χ0n) is 9.17. The number of aromatic nitrogens is 2. The fourth-order valence-electron chi connectivity index (χ4n) is 1.24. The highest BCUT2D eigenvalue weighted by atomic mass is 32.2. The highest BCUT2D eigenvalue weighted by molar-refractivity contribution is 7.90. The van der Waals surface area contributed by atoms with Gasteiger partial charge >= 0.3 is 6.03 Å². The lowest BCUT2D eigenvalue weighted by Gasteiger charge is -1.98. The van der Waals surface area contributed by atoms with Gasteiger partial charge in [-0.3, -0.25) is 10.1 Å². The van der Waals surface area contributed by atoms with E-state index < -0.39 is 21.8 Å². The number of hydrogen-bond donors (Lipinski definition) is 2. The summed E-state index contributed by atoms with van der Waals surface area (Å²) in [6.07, 6.45) is 3.49. The molecule has 1 aliphatic heterocycles. The molecule has 0 unspecified atom stereocenters. The van der Waals surface area contributed by atoms with E-state index in [2.05, 4.69) is 15.3 Å². The molecule has 1 saturated heterocycles. The second-order valence-electron chi connectivity index (χ2n) is 3.50. The lowest BCUT2D eigenvalue weighted by Crippen LogP contribution is -2.22. The Bertz CT molecular complexity index is 665. The second kappa shape index (κ2) is 4.18. The molecule has 0 atom stereocenters. The van der Waals surface area contributed by atoms with E-state index in [1.54, 1.807) is 0 Å². The molecule has 0 spiro atoms. The molecule has 0 aromatic carbocycles. The first kappa shape index (κ1) is 12.2. The Kier molecular flexibility index (Phi) is 2.83. The Labute approximate surface area is 102 Å². The maximum absolute atomic E-state index is 11.2. The summed E-state index contributed by atoms with van der Waals surface area (Å²) in [5.41, 5.74) is 0.205. The minimum Gasteiger partial charge on any atom is -0.303 e. The lowest BCUT2D eigenvalue weighted by molar-refractivity contribution is -0.115. The van der Waals surface area contributed by atoms with E-state index in [-0.39, 0.29) is 16.5 Å². The first-order valence-electron chi connectivity index (χ1n) is 4.73. The van der Waals surface area contributed by atoms with E-state index in [0.29, 0.717) is 0 Å². The number of carbonyl (C=O) groups excluding carboxylic acids is 2. The van der Waals surface area contributed by atoms with Crippen LogP contribution in [-0.2, 0) is 14.6 Å². The normalized spacial score (nSPS) is 17.7. The monoisotopic (exact) mass is 268 g/mol. The Hall–Kier alpha value is -2.29. The molecule has 1 aromatic rings. The van der Waals surface area contributed by atoms with Crippen molar-refractivity contribution in [2.24, 2.45) is 0 Å². The molecule has 8 nitrogen and oxygen atoms in total. The molecule has 0 aliphatic carbocycles. The molecule has 2 rings (SSSR count). The van der Waals surface area contributed by atoms with Crippen molar-refractivity contribution < 1.29 is 18.0 Å². The molecule has 0 saturated carbocycles. The Morgan fingerprint density at radius 1 is 1.28 bits per heavy atom. The van der Waals surface area contributed by atoms with Crippen molar-refractivity contribution in [3.8, 4) is 0 Å². The van der Waals surface area contributed by atoms with Gasteiger partial charge in [0.05, 0.1) is 5.69 Å². The zero-order valence-corrected chi connectivity index (χ0v) is 9.98. The van der Waals surface area contributed by atoms with Crippen molar-refractivity contribution in [1.29, 1.82) is 0 Å². The molecule has 3 amide bonds. The largest absolute Gasteiger partial charge is 0.326 e. The summed E-state index contributed by atoms with van der Waals surface area (Å²) in [5, 5.41) is 3.93. The van der Waals surface area contributed by atoms with Gasteiger partial charge in [-0.05, 0) is 12.1 Å². The molecule has 0 bridgehead atoms. The predicted molar refractivity (Wildman–Crippen MR) is 59.8 cm³/mol. The minimum atomic E-state index is -3.52. The topological polar surface area (TPSA) is 118 Å². The van der Waals surface area contributed by atoms with Gasteiger partial charge in [-0.1, -0.05) is 0 Å². The molecule has 1 aromatic heterocycles. The van der Waals surface area contributed by atoms with Gasteiger partial charge in [0.1, 0.15) is 5.70 Å². The van der Waals surface area contributed by atoms with E-state index >= 15 is 0 Å². The number of amides is 3. The van der Waals surface area contributed by atoms with Crippen LogP contribution in [0.3, 0.4) is 0 Å². The third-order valence-corrected chi connectivity index (χ3v) is 2.86. The van der Waals surface area contributed by atoms with Crippen LogP contribution in [0.25, 0.3) is 6.08 Å². The lowest BCUT2D eigenvalue weighted by atomic mass is 10.3. The van der Waals surface area contributed by atoms with Crippen LogP contribution in [0.2, 0.25) is 0 Å². The van der Waals surface area contributed by atoms with Crippen molar-refractivity contribution in [3.05, 3.63) is 23.7 Å². The third kappa shape index (κ3) is 2.51. The van der Waals surface area contributed by atoms with Crippen molar-refractivity contribution in [1.82, 2.24) is 20.6 Å². The average Bonchev–Trinajstić information content (AvgIpc) is 2.56. The quantitative estimate of drug-likeness (QED) is 0.406. The molecular weight excluding hydrogens is 260 g/mol. The van der Waals surface area contributed by atoms with Crippen molar-refractivity contribution in [2.75, 3.05) is 6.26 Å². The molecule has 94 valence electrons. The van der Waals surface area contributed by atoms with Gasteiger partial charge in [-0.2, -0.15) is 0 Å². The van der Waals surface area contributed by atoms with Gasteiger partial charge in [0, 0.05) is 12.5 Å². The van der Waals surface area contributed by atoms with Crippen LogP contribution in [0.4, 0.5) is 4.79 Å². The number of urea groups is 1. The van der Waals surface area contributed by atoms with E-state index in [1.165, 1.54) is 18.3 Å². The number of imide groups is 1.